The van der Waals surface area contributed by atoms with Crippen LogP contribution < -0.4 is 16.0 Å². The summed E-state index contributed by atoms with van der Waals surface area (Å²) in [7, 11) is 0. The van der Waals surface area contributed by atoms with Crippen molar-refractivity contribution in [1.29, 1.82) is 0 Å². The Morgan fingerprint density at radius 1 is 1.00 bits per heavy atom. The standard InChI is InChI=1S/C29H49N7O5/c1-19-22(24(39)25(40)28(41-19)36-27-23-26(32-17-31-23)33-18-34-27)35-21(38)16-30-20(37)14-12-10-8-6-5-7-9-11-13-15-29(2,3)4/h17-19,22-25,28,39-40H,5-16H2,1-4H3,(H,30,37)(H,35,38)(H,31,32,33,34,36). The van der Waals surface area contributed by atoms with Crippen LogP contribution in [0.15, 0.2) is 20.0 Å². The fourth-order valence-electron chi connectivity index (χ4n) is 5.11. The molecule has 2 amide bonds. The van der Waals surface area contributed by atoms with Crippen LogP contribution in [0, 0.1) is 5.41 Å². The topological polar surface area (TPSA) is 169 Å². The smallest absolute Gasteiger partial charge is 0.239 e. The Hall–Kier alpha value is -2.70. The van der Waals surface area contributed by atoms with E-state index in [2.05, 4.69) is 56.7 Å². The van der Waals surface area contributed by atoms with Crippen LogP contribution in [0.5, 0.6) is 0 Å². The molecule has 3 aliphatic heterocycles. The van der Waals surface area contributed by atoms with Gasteiger partial charge >= 0.3 is 0 Å². The van der Waals surface area contributed by atoms with Gasteiger partial charge in [0.2, 0.25) is 11.8 Å². The van der Waals surface area contributed by atoms with E-state index in [1.54, 1.807) is 6.92 Å². The Morgan fingerprint density at radius 2 is 1.66 bits per heavy atom. The quantitative estimate of drug-likeness (QED) is 0.188. The molecule has 0 aromatic rings. The van der Waals surface area contributed by atoms with Gasteiger partial charge in [-0.15, -0.1) is 0 Å². The van der Waals surface area contributed by atoms with Crippen molar-refractivity contribution >= 4 is 36.2 Å². The molecule has 1 saturated heterocycles. The third-order valence-corrected chi connectivity index (χ3v) is 7.56. The molecule has 0 radical (unpaired) electrons. The summed E-state index contributed by atoms with van der Waals surface area (Å²) < 4.78 is 5.80. The summed E-state index contributed by atoms with van der Waals surface area (Å²) in [6.07, 6.45) is 10.6. The molecule has 1 fully saturated rings. The molecule has 0 saturated carbocycles. The predicted octanol–water partition coefficient (Wildman–Crippen LogP) is 2.23. The maximum atomic E-state index is 12.5. The average molecular weight is 576 g/mol. The average Bonchev–Trinajstić information content (AvgIpc) is 3.41. The zero-order valence-corrected chi connectivity index (χ0v) is 25.0. The van der Waals surface area contributed by atoms with Gasteiger partial charge < -0.3 is 30.9 Å². The van der Waals surface area contributed by atoms with Crippen molar-refractivity contribution < 1.29 is 24.5 Å². The van der Waals surface area contributed by atoms with Gasteiger partial charge in [0, 0.05) is 6.42 Å². The van der Waals surface area contributed by atoms with Crippen LogP contribution in [0.25, 0.3) is 0 Å². The van der Waals surface area contributed by atoms with E-state index in [1.165, 1.54) is 57.6 Å². The summed E-state index contributed by atoms with van der Waals surface area (Å²) in [6.45, 7) is 8.34. The van der Waals surface area contributed by atoms with Gasteiger partial charge in [-0.1, -0.05) is 72.1 Å². The lowest BCUT2D eigenvalue weighted by atomic mass is 9.89. The van der Waals surface area contributed by atoms with Gasteiger partial charge in [-0.05, 0) is 25.2 Å². The number of ether oxygens (including phenoxy) is 1. The van der Waals surface area contributed by atoms with Gasteiger partial charge in [-0.3, -0.25) is 14.6 Å². The number of aliphatic hydroxyl groups excluding tert-OH is 2. The molecular weight excluding hydrogens is 526 g/mol. The van der Waals surface area contributed by atoms with Crippen molar-refractivity contribution in [2.45, 2.75) is 135 Å². The Kier molecular flexibility index (Phi) is 12.9. The molecule has 0 spiro atoms. The number of nitrogens with one attached hydrogen (secondary N) is 3. The fourth-order valence-corrected chi connectivity index (χ4v) is 5.11. The highest BCUT2D eigenvalue weighted by molar-refractivity contribution is 6.21. The van der Waals surface area contributed by atoms with E-state index in [4.69, 9.17) is 4.74 Å². The molecule has 5 N–H and O–H groups in total. The van der Waals surface area contributed by atoms with E-state index in [0.29, 0.717) is 23.5 Å². The Bertz CT molecular complexity index is 991. The highest BCUT2D eigenvalue weighted by atomic mass is 16.5. The van der Waals surface area contributed by atoms with Crippen LogP contribution in [-0.2, 0) is 14.3 Å². The Labute approximate surface area is 243 Å². The van der Waals surface area contributed by atoms with Crippen LogP contribution in [0.1, 0.15) is 98.3 Å². The van der Waals surface area contributed by atoms with Crippen LogP contribution in [-0.4, -0.2) is 89.5 Å². The number of rotatable bonds is 15. The zero-order chi connectivity index (χ0) is 29.8. The first-order valence-electron chi connectivity index (χ1n) is 15.1. The molecule has 3 rings (SSSR count). The summed E-state index contributed by atoms with van der Waals surface area (Å²) in [5.74, 6) is 0.217. The summed E-state index contributed by atoms with van der Waals surface area (Å²) in [4.78, 5) is 41.4. The van der Waals surface area contributed by atoms with Crippen LogP contribution in [0.3, 0.4) is 0 Å². The lowest BCUT2D eigenvalue weighted by Crippen LogP contribution is -2.63. The lowest BCUT2D eigenvalue weighted by molar-refractivity contribution is -0.178. The number of carbonyl (C=O) groups excluding carboxylic acids is 2. The summed E-state index contributed by atoms with van der Waals surface area (Å²) in [6, 6.07) is -1.38. The molecule has 0 aromatic carbocycles. The first-order chi connectivity index (χ1) is 19.5. The lowest BCUT2D eigenvalue weighted by Gasteiger charge is -2.40. The van der Waals surface area contributed by atoms with Gasteiger partial charge in [0.05, 0.1) is 25.0 Å². The van der Waals surface area contributed by atoms with Crippen molar-refractivity contribution in [2.75, 3.05) is 6.54 Å². The summed E-state index contributed by atoms with van der Waals surface area (Å²) >= 11 is 0. The minimum Gasteiger partial charge on any atom is -0.388 e. The Morgan fingerprint density at radius 3 is 2.34 bits per heavy atom. The number of amidine groups is 2. The van der Waals surface area contributed by atoms with Crippen molar-refractivity contribution in [3.05, 3.63) is 0 Å². The third kappa shape index (κ3) is 10.9. The number of amides is 2. The molecule has 3 aliphatic rings. The van der Waals surface area contributed by atoms with Crippen molar-refractivity contribution in [1.82, 2.24) is 16.0 Å². The second-order valence-corrected chi connectivity index (χ2v) is 12.4. The second kappa shape index (κ2) is 16.1. The molecule has 0 aliphatic carbocycles. The van der Waals surface area contributed by atoms with Gasteiger partial charge in [-0.25, -0.2) is 15.0 Å². The number of nitrogens with zero attached hydrogens (tertiary/aromatic N) is 4. The van der Waals surface area contributed by atoms with E-state index < -0.39 is 42.5 Å². The zero-order valence-electron chi connectivity index (χ0n) is 25.0. The maximum Gasteiger partial charge on any atom is 0.239 e. The van der Waals surface area contributed by atoms with E-state index in [1.807, 2.05) is 0 Å². The number of aliphatic imine (C=N–C) groups is 4. The number of unbranched alkanes of at least 4 members (excludes halogenated alkanes) is 8. The number of hydrogen-bond donors (Lipinski definition) is 5. The molecule has 0 bridgehead atoms. The molecule has 0 aromatic heterocycles. The van der Waals surface area contributed by atoms with Crippen molar-refractivity contribution in [2.24, 2.45) is 25.4 Å². The largest absolute Gasteiger partial charge is 0.388 e. The maximum absolute atomic E-state index is 12.5. The summed E-state index contributed by atoms with van der Waals surface area (Å²) in [5.41, 5.74) is 0.432. The molecule has 12 heteroatoms. The minimum absolute atomic E-state index is 0.177. The van der Waals surface area contributed by atoms with Gasteiger partial charge in [0.1, 0.15) is 24.4 Å². The molecule has 12 nitrogen and oxygen atoms in total. The van der Waals surface area contributed by atoms with Gasteiger partial charge in [0.15, 0.2) is 18.1 Å². The molecule has 3 heterocycles. The number of aliphatic hydroxyl groups is 2. The number of fused-ring (bicyclic) bond motifs is 1. The predicted molar refractivity (Wildman–Crippen MR) is 160 cm³/mol. The highest BCUT2D eigenvalue weighted by Crippen LogP contribution is 2.24. The second-order valence-electron chi connectivity index (χ2n) is 12.4. The van der Waals surface area contributed by atoms with E-state index in [0.717, 1.165) is 19.3 Å². The number of carbonyl (C=O) groups is 2. The van der Waals surface area contributed by atoms with Crippen molar-refractivity contribution in [3.8, 4) is 0 Å². The van der Waals surface area contributed by atoms with Crippen LogP contribution in [0.4, 0.5) is 0 Å². The molecule has 6 unspecified atom stereocenters. The molecule has 41 heavy (non-hydrogen) atoms. The van der Waals surface area contributed by atoms with Gasteiger partial charge in [-0.2, -0.15) is 0 Å². The Balaban J connectivity index is 1.27. The molecule has 230 valence electrons. The minimum atomic E-state index is -1.40. The normalized spacial score (nSPS) is 28.2. The number of hydrogen-bond acceptors (Lipinski definition) is 9. The third-order valence-electron chi connectivity index (χ3n) is 7.56. The van der Waals surface area contributed by atoms with Crippen LogP contribution >= 0.6 is 0 Å². The van der Waals surface area contributed by atoms with E-state index in [-0.39, 0.29) is 12.5 Å². The first kappa shape index (κ1) is 32.8. The molecule has 6 atom stereocenters. The van der Waals surface area contributed by atoms with E-state index in [9.17, 15) is 19.8 Å². The first-order valence-corrected chi connectivity index (χ1v) is 15.1. The van der Waals surface area contributed by atoms with Gasteiger partial charge in [0.25, 0.3) is 0 Å². The monoisotopic (exact) mass is 575 g/mol. The van der Waals surface area contributed by atoms with E-state index >= 15 is 0 Å². The molecular formula is C29H49N7O5. The SMILES string of the molecule is CC1OC(/N=C2\N=CNC3=NC=NC32)C(O)C(O)C1NC(=O)CNC(=O)CCCCCCCCCCCC(C)(C)C. The highest BCUT2D eigenvalue weighted by Gasteiger charge is 2.44. The van der Waals surface area contributed by atoms with Crippen molar-refractivity contribution in [3.63, 3.8) is 0 Å². The fraction of sp³-hybridized carbons (Fsp3) is 0.793. The van der Waals surface area contributed by atoms with Crippen LogP contribution in [0.2, 0.25) is 0 Å². The summed E-state index contributed by atoms with van der Waals surface area (Å²) in [5, 5.41) is 29.5.